The van der Waals surface area contributed by atoms with E-state index in [1.54, 1.807) is 15.8 Å². The van der Waals surface area contributed by atoms with Crippen molar-refractivity contribution in [2.75, 3.05) is 20.3 Å². The maximum atomic E-state index is 16.0. The van der Waals surface area contributed by atoms with Gasteiger partial charge in [0.05, 0.1) is 48.4 Å². The third-order valence-electron chi connectivity index (χ3n) is 8.31. The first-order valence-electron chi connectivity index (χ1n) is 14.7. The number of pyridine rings is 1. The lowest BCUT2D eigenvalue weighted by Crippen LogP contribution is -2.44. The molecule has 0 saturated heterocycles. The van der Waals surface area contributed by atoms with Gasteiger partial charge < -0.3 is 14.4 Å². The van der Waals surface area contributed by atoms with Gasteiger partial charge in [0, 0.05) is 58.9 Å². The zero-order valence-corrected chi connectivity index (χ0v) is 26.3. The Balaban J connectivity index is 1.50. The highest BCUT2D eigenvalue weighted by atomic mass is 32.1. The number of aryl methyl sites for hydroxylation is 1. The fourth-order valence-corrected chi connectivity index (χ4v) is 6.99. The number of halogens is 2. The highest BCUT2D eigenvalue weighted by Crippen LogP contribution is 2.47. The molecule has 0 unspecified atom stereocenters. The van der Waals surface area contributed by atoms with E-state index < -0.39 is 11.6 Å². The molecule has 2 aromatic carbocycles. The van der Waals surface area contributed by atoms with E-state index in [0.29, 0.717) is 35.7 Å². The maximum absolute atomic E-state index is 16.0. The summed E-state index contributed by atoms with van der Waals surface area (Å²) in [5, 5.41) is 13.0. The van der Waals surface area contributed by atoms with Crippen LogP contribution in [0.4, 0.5) is 8.78 Å². The lowest BCUT2D eigenvalue weighted by atomic mass is 9.96. The minimum Gasteiger partial charge on any atom is -0.490 e. The molecule has 0 fully saturated rings. The molecule has 234 valence electrons. The molecule has 4 aromatic heterocycles. The van der Waals surface area contributed by atoms with E-state index in [1.165, 1.54) is 30.6 Å². The topological polar surface area (TPSA) is 87.3 Å². The lowest BCUT2D eigenvalue weighted by Gasteiger charge is -2.33. The van der Waals surface area contributed by atoms with Gasteiger partial charge in [-0.25, -0.2) is 13.8 Å². The molecule has 1 atom stereocenters. The van der Waals surface area contributed by atoms with Crippen molar-refractivity contribution in [3.63, 3.8) is 0 Å². The van der Waals surface area contributed by atoms with Crippen LogP contribution in [0.2, 0.25) is 0 Å². The number of rotatable bonds is 8. The van der Waals surface area contributed by atoms with E-state index in [-0.39, 0.29) is 36.5 Å². The number of hydrogen-bond donors (Lipinski definition) is 0. The Hall–Kier alpha value is -4.94. The highest BCUT2D eigenvalue weighted by molar-refractivity contribution is 7.18. The van der Waals surface area contributed by atoms with Crippen molar-refractivity contribution in [2.45, 2.75) is 26.1 Å². The minimum absolute atomic E-state index is 0.0386. The predicted molar refractivity (Wildman–Crippen MR) is 173 cm³/mol. The third kappa shape index (κ3) is 5.03. The molecule has 0 radical (unpaired) electrons. The van der Waals surface area contributed by atoms with E-state index in [9.17, 15) is 9.18 Å². The van der Waals surface area contributed by atoms with Gasteiger partial charge in [-0.2, -0.15) is 10.2 Å². The second kappa shape index (κ2) is 11.8. The molecule has 0 aliphatic carbocycles. The molecule has 5 heterocycles. The van der Waals surface area contributed by atoms with Gasteiger partial charge in [0.25, 0.3) is 0 Å². The molecule has 0 bridgehead atoms. The van der Waals surface area contributed by atoms with Gasteiger partial charge >= 0.3 is 0 Å². The second-order valence-corrected chi connectivity index (χ2v) is 12.1. The summed E-state index contributed by atoms with van der Waals surface area (Å²) in [5.41, 5.74) is 4.71. The van der Waals surface area contributed by atoms with Crippen LogP contribution in [0.3, 0.4) is 0 Å². The van der Waals surface area contributed by atoms with Crippen molar-refractivity contribution in [1.82, 2.24) is 29.4 Å². The van der Waals surface area contributed by atoms with Crippen LogP contribution in [0.5, 0.6) is 5.75 Å². The predicted octanol–water partition coefficient (Wildman–Crippen LogP) is 6.60. The average molecular weight is 641 g/mol. The number of aromatic nitrogens is 5. The summed E-state index contributed by atoms with van der Waals surface area (Å²) in [4.78, 5) is 19.5. The lowest BCUT2D eigenvalue weighted by molar-refractivity contribution is -0.129. The Labute approximate surface area is 267 Å². The van der Waals surface area contributed by atoms with Crippen LogP contribution in [0.25, 0.3) is 54.8 Å². The van der Waals surface area contributed by atoms with E-state index >= 15 is 4.39 Å². The average Bonchev–Trinajstić information content (AvgIpc) is 3.78. The summed E-state index contributed by atoms with van der Waals surface area (Å²) >= 11 is 1.43. The smallest absolute Gasteiger partial charge is 0.246 e. The number of thiophene rings is 1. The zero-order valence-electron chi connectivity index (χ0n) is 25.5. The number of methoxy groups -OCH3 is 1. The first kappa shape index (κ1) is 29.8. The number of nitrogens with zero attached hydrogens (tertiary/aromatic N) is 6. The zero-order chi connectivity index (χ0) is 32.1. The summed E-state index contributed by atoms with van der Waals surface area (Å²) < 4.78 is 46.1. The van der Waals surface area contributed by atoms with Crippen molar-refractivity contribution in [3.8, 4) is 39.5 Å². The van der Waals surface area contributed by atoms with Gasteiger partial charge in [-0.15, -0.1) is 11.3 Å². The van der Waals surface area contributed by atoms with Gasteiger partial charge in [-0.05, 0) is 36.6 Å². The van der Waals surface area contributed by atoms with Crippen molar-refractivity contribution in [2.24, 2.45) is 7.05 Å². The Morgan fingerprint density at radius 1 is 1.13 bits per heavy atom. The summed E-state index contributed by atoms with van der Waals surface area (Å²) in [6.45, 7) is 6.72. The molecule has 0 saturated carbocycles. The van der Waals surface area contributed by atoms with Crippen LogP contribution < -0.4 is 4.74 Å². The number of hydrogen-bond acceptors (Lipinski definition) is 7. The molecule has 6 aromatic rings. The van der Waals surface area contributed by atoms with Crippen LogP contribution in [-0.4, -0.2) is 61.7 Å². The largest absolute Gasteiger partial charge is 0.490 e. The number of carbonyl (C=O) groups is 1. The van der Waals surface area contributed by atoms with Gasteiger partial charge in [-0.1, -0.05) is 18.7 Å². The van der Waals surface area contributed by atoms with Crippen LogP contribution in [0, 0.1) is 11.6 Å². The molecule has 0 N–H and O–H groups in total. The van der Waals surface area contributed by atoms with Crippen LogP contribution in [0.1, 0.15) is 12.6 Å². The molecule has 1 amide bonds. The first-order valence-corrected chi connectivity index (χ1v) is 15.6. The Morgan fingerprint density at radius 2 is 1.98 bits per heavy atom. The Kier molecular flexibility index (Phi) is 7.61. The molecule has 46 heavy (non-hydrogen) atoms. The summed E-state index contributed by atoms with van der Waals surface area (Å²) in [6.07, 6.45) is 3.11. The number of carbonyl (C=O) groups excluding carboxylic acids is 1. The Bertz CT molecular complexity index is 2150. The van der Waals surface area contributed by atoms with E-state index in [1.807, 2.05) is 54.4 Å². The number of amides is 1. The third-order valence-corrected chi connectivity index (χ3v) is 9.24. The second-order valence-electron chi connectivity index (χ2n) is 11.2. The molecule has 12 heteroatoms. The van der Waals surface area contributed by atoms with Crippen molar-refractivity contribution < 1.29 is 23.0 Å². The maximum Gasteiger partial charge on any atom is 0.246 e. The monoisotopic (exact) mass is 640 g/mol. The highest BCUT2D eigenvalue weighted by Gasteiger charge is 2.30. The summed E-state index contributed by atoms with van der Waals surface area (Å²) in [7, 11) is 3.41. The van der Waals surface area contributed by atoms with Crippen LogP contribution in [0.15, 0.2) is 66.7 Å². The first-order chi connectivity index (χ1) is 22.3. The fraction of sp³-hybridized carbons (Fsp3) is 0.235. The summed E-state index contributed by atoms with van der Waals surface area (Å²) in [5.74, 6) is -1.67. The standard InChI is InChI=1S/C34H30F2N6O3S/c1-5-29(43)41-18-23-15-26(39-42(23)17-19(41)2)33-31(30-25(36)13-22(35)14-28(30)45-10-9-44-4)34-24(8-11-46-34)32(38-33)20-6-7-21-16-37-40(3)27(21)12-20/h5-8,11-16,19H,1,9-10,17-18H2,2-4H3/t19-/m1/s1. The van der Waals surface area contributed by atoms with E-state index in [4.69, 9.17) is 19.6 Å². The van der Waals surface area contributed by atoms with Crippen LogP contribution in [-0.2, 0) is 29.7 Å². The fourth-order valence-electron chi connectivity index (χ4n) is 6.04. The van der Waals surface area contributed by atoms with Gasteiger partial charge in [0.2, 0.25) is 5.91 Å². The number of fused-ring (bicyclic) bond motifs is 3. The molecular formula is C34H30F2N6O3S. The quantitative estimate of drug-likeness (QED) is 0.138. The molecule has 9 nitrogen and oxygen atoms in total. The van der Waals surface area contributed by atoms with Gasteiger partial charge in [0.1, 0.15) is 35.4 Å². The van der Waals surface area contributed by atoms with Crippen molar-refractivity contribution >= 4 is 38.2 Å². The number of benzene rings is 2. The molecule has 7 rings (SSSR count). The normalized spacial score (nSPS) is 14.6. The summed E-state index contributed by atoms with van der Waals surface area (Å²) in [6, 6.07) is 11.8. The SMILES string of the molecule is C=CC(=O)N1Cc2cc(-c3nc(-c4ccc5cnn(C)c5c4)c4ccsc4c3-c3c(F)cc(F)cc3OCCOC)nn2C[C@H]1C. The Morgan fingerprint density at radius 3 is 2.78 bits per heavy atom. The molecule has 1 aliphatic rings. The molecule has 0 spiro atoms. The van der Waals surface area contributed by atoms with Gasteiger partial charge in [0.15, 0.2) is 0 Å². The van der Waals surface area contributed by atoms with E-state index in [2.05, 4.69) is 11.7 Å². The van der Waals surface area contributed by atoms with Crippen molar-refractivity contribution in [3.05, 3.63) is 84.0 Å². The van der Waals surface area contributed by atoms with Crippen molar-refractivity contribution in [1.29, 1.82) is 0 Å². The molecular weight excluding hydrogens is 610 g/mol. The number of ether oxygens (including phenoxy) is 2. The van der Waals surface area contributed by atoms with Gasteiger partial charge in [-0.3, -0.25) is 14.2 Å². The minimum atomic E-state index is -0.783. The molecule has 1 aliphatic heterocycles. The van der Waals surface area contributed by atoms with E-state index in [0.717, 1.165) is 38.3 Å². The van der Waals surface area contributed by atoms with Crippen LogP contribution >= 0.6 is 11.3 Å².